The number of aryl methyl sites for hydroxylation is 1. The minimum Gasteiger partial charge on any atom is -0.497 e. The molecule has 0 unspecified atom stereocenters. The van der Waals surface area contributed by atoms with E-state index in [2.05, 4.69) is 22.0 Å². The highest BCUT2D eigenvalue weighted by Gasteiger charge is 2.22. The molecule has 0 saturated carbocycles. The third-order valence-electron chi connectivity index (χ3n) is 7.54. The standard InChI is InChI=1S/C33H48N4O6S2/c1-4-5-6-7-8-9-10-11-12-13-14-15-16-17-24-43-29-23-20-27(32(38)39)25-30(29)45(40,41)36-34-33-37(2)35-31(44-33)26-18-21-28(42-3)22-19-26/h18-23,25,36H,4-17,24H2,1-3H3,(H,38,39)/b34-33-. The van der Waals surface area contributed by atoms with Crippen LogP contribution in [0.2, 0.25) is 0 Å². The van der Waals surface area contributed by atoms with Crippen molar-refractivity contribution in [3.8, 4) is 22.1 Å². The molecule has 2 N–H and O–H groups in total. The number of unbranched alkanes of at least 4 members (excludes halogenated alkanes) is 13. The van der Waals surface area contributed by atoms with Crippen molar-refractivity contribution in [1.29, 1.82) is 0 Å². The lowest BCUT2D eigenvalue weighted by atomic mass is 10.0. The van der Waals surface area contributed by atoms with E-state index in [1.165, 1.54) is 98.8 Å². The quantitative estimate of drug-likeness (QED) is 0.0842. The number of carboxylic acids is 1. The molecule has 0 aliphatic heterocycles. The number of ether oxygens (including phenoxy) is 2. The topological polar surface area (TPSA) is 132 Å². The number of sulfonamides is 1. The molecule has 0 aliphatic carbocycles. The van der Waals surface area contributed by atoms with Gasteiger partial charge in [-0.25, -0.2) is 9.48 Å². The molecule has 0 spiro atoms. The van der Waals surface area contributed by atoms with Crippen LogP contribution in [-0.2, 0) is 17.1 Å². The summed E-state index contributed by atoms with van der Waals surface area (Å²) in [6, 6.07) is 11.1. The molecule has 12 heteroatoms. The Labute approximate surface area is 271 Å². The number of hydrogen-bond donors (Lipinski definition) is 2. The Bertz CT molecular complexity index is 1500. The highest BCUT2D eigenvalue weighted by Crippen LogP contribution is 2.26. The van der Waals surface area contributed by atoms with Crippen LogP contribution in [0.4, 0.5) is 0 Å². The van der Waals surface area contributed by atoms with E-state index in [-0.39, 0.29) is 16.2 Å². The Morgan fingerprint density at radius 1 is 0.911 bits per heavy atom. The molecule has 1 heterocycles. The van der Waals surface area contributed by atoms with Crippen molar-refractivity contribution < 1.29 is 27.8 Å². The fraction of sp³-hybridized carbons (Fsp3) is 0.545. The van der Waals surface area contributed by atoms with E-state index in [1.54, 1.807) is 14.2 Å². The van der Waals surface area contributed by atoms with Gasteiger partial charge in [0.1, 0.15) is 21.4 Å². The number of aromatic nitrogens is 2. The molecule has 0 aliphatic rings. The highest BCUT2D eigenvalue weighted by atomic mass is 32.2. The number of benzene rings is 2. The zero-order chi connectivity index (χ0) is 32.5. The normalized spacial score (nSPS) is 11.9. The molecule has 0 bridgehead atoms. The predicted molar refractivity (Wildman–Crippen MR) is 178 cm³/mol. The lowest BCUT2D eigenvalue weighted by molar-refractivity contribution is 0.0696. The van der Waals surface area contributed by atoms with E-state index in [1.807, 2.05) is 24.3 Å². The van der Waals surface area contributed by atoms with Crippen molar-refractivity contribution in [3.05, 3.63) is 52.8 Å². The van der Waals surface area contributed by atoms with Crippen LogP contribution in [0.5, 0.6) is 11.5 Å². The number of nitrogens with one attached hydrogen (secondary N) is 1. The van der Waals surface area contributed by atoms with Gasteiger partial charge in [-0.15, -0.1) is 5.10 Å². The zero-order valence-electron chi connectivity index (χ0n) is 26.8. The van der Waals surface area contributed by atoms with Gasteiger partial charge in [0.25, 0.3) is 10.0 Å². The van der Waals surface area contributed by atoms with E-state index in [0.717, 1.165) is 30.9 Å². The van der Waals surface area contributed by atoms with Gasteiger partial charge in [-0.05, 0) is 48.9 Å². The molecule has 0 radical (unpaired) electrons. The second-order valence-corrected chi connectivity index (χ2v) is 13.7. The number of hydrogen-bond acceptors (Lipinski definition) is 8. The summed E-state index contributed by atoms with van der Waals surface area (Å²) in [5, 5.41) is 18.6. The first kappa shape index (κ1) is 36.1. The summed E-state index contributed by atoms with van der Waals surface area (Å²) in [4.78, 5) is 13.9. The Morgan fingerprint density at radius 3 is 2.04 bits per heavy atom. The first-order valence-electron chi connectivity index (χ1n) is 16.0. The van der Waals surface area contributed by atoms with Gasteiger partial charge in [-0.3, -0.25) is 0 Å². The fourth-order valence-corrected chi connectivity index (χ4v) is 6.79. The van der Waals surface area contributed by atoms with Gasteiger partial charge in [-0.2, -0.15) is 18.3 Å². The highest BCUT2D eigenvalue weighted by molar-refractivity contribution is 7.89. The largest absolute Gasteiger partial charge is 0.497 e. The average molecular weight is 661 g/mol. The van der Waals surface area contributed by atoms with Crippen molar-refractivity contribution in [2.75, 3.05) is 13.7 Å². The van der Waals surface area contributed by atoms with Crippen molar-refractivity contribution >= 4 is 27.3 Å². The van der Waals surface area contributed by atoms with Gasteiger partial charge in [0.15, 0.2) is 0 Å². The summed E-state index contributed by atoms with van der Waals surface area (Å²) in [6.45, 7) is 2.58. The molecule has 0 amide bonds. The second-order valence-electron chi connectivity index (χ2n) is 11.2. The summed E-state index contributed by atoms with van der Waals surface area (Å²) >= 11 is 1.20. The molecule has 2 aromatic carbocycles. The molecule has 0 atom stereocenters. The molecule has 0 saturated heterocycles. The summed E-state index contributed by atoms with van der Waals surface area (Å²) in [6.07, 6.45) is 17.3. The van der Waals surface area contributed by atoms with E-state index in [0.29, 0.717) is 22.2 Å². The van der Waals surface area contributed by atoms with E-state index < -0.39 is 16.0 Å². The van der Waals surface area contributed by atoms with Gasteiger partial charge in [0.05, 0.1) is 19.3 Å². The molecule has 3 aromatic rings. The van der Waals surface area contributed by atoms with Gasteiger partial charge in [0, 0.05) is 12.6 Å². The molecule has 10 nitrogen and oxygen atoms in total. The Hall–Kier alpha value is -3.38. The lowest BCUT2D eigenvalue weighted by Gasteiger charge is -2.12. The maximum Gasteiger partial charge on any atom is 0.335 e. The number of nitrogens with zero attached hydrogens (tertiary/aromatic N) is 3. The van der Waals surface area contributed by atoms with Crippen LogP contribution in [0.1, 0.15) is 107 Å². The van der Waals surface area contributed by atoms with Gasteiger partial charge < -0.3 is 14.6 Å². The zero-order valence-corrected chi connectivity index (χ0v) is 28.4. The minimum atomic E-state index is -4.25. The third kappa shape index (κ3) is 12.1. The second kappa shape index (κ2) is 19.2. The first-order chi connectivity index (χ1) is 21.7. The summed E-state index contributed by atoms with van der Waals surface area (Å²) in [5.74, 6) is -0.437. The van der Waals surface area contributed by atoms with Crippen molar-refractivity contribution in [1.82, 2.24) is 14.6 Å². The molecule has 248 valence electrons. The third-order valence-corrected chi connectivity index (χ3v) is 9.82. The van der Waals surface area contributed by atoms with Crippen LogP contribution in [0, 0.1) is 0 Å². The van der Waals surface area contributed by atoms with E-state index >= 15 is 0 Å². The van der Waals surface area contributed by atoms with E-state index in [9.17, 15) is 18.3 Å². The van der Waals surface area contributed by atoms with Crippen molar-refractivity contribution in [2.45, 2.75) is 102 Å². The summed E-state index contributed by atoms with van der Waals surface area (Å²) in [7, 11) is -1.01. The SMILES string of the molecule is CCCCCCCCCCCCCCCCOc1ccc(C(=O)O)cc1S(=O)(=O)N/N=c1\sc(-c2ccc(OC)cc2)nn1C. The maximum absolute atomic E-state index is 13.3. The fourth-order valence-electron chi connectivity index (χ4n) is 4.89. The average Bonchev–Trinajstić information content (AvgIpc) is 3.42. The molecular formula is C33H48N4O6S2. The lowest BCUT2D eigenvalue weighted by Crippen LogP contribution is -2.24. The number of aromatic carboxylic acids is 1. The van der Waals surface area contributed by atoms with Crippen molar-refractivity contribution in [2.24, 2.45) is 12.1 Å². The molecular weight excluding hydrogens is 613 g/mol. The number of rotatable bonds is 22. The molecule has 0 fully saturated rings. The van der Waals surface area contributed by atoms with Crippen LogP contribution in [0.15, 0.2) is 52.5 Å². The molecule has 45 heavy (non-hydrogen) atoms. The monoisotopic (exact) mass is 660 g/mol. The number of methoxy groups -OCH3 is 1. The van der Waals surface area contributed by atoms with Crippen LogP contribution < -0.4 is 19.1 Å². The van der Waals surface area contributed by atoms with Gasteiger partial charge in [0.2, 0.25) is 4.80 Å². The Morgan fingerprint density at radius 2 is 1.49 bits per heavy atom. The van der Waals surface area contributed by atoms with Gasteiger partial charge >= 0.3 is 5.97 Å². The van der Waals surface area contributed by atoms with Crippen LogP contribution in [-0.4, -0.2) is 43.0 Å². The summed E-state index contributed by atoms with van der Waals surface area (Å²) in [5.41, 5.74) is 0.665. The van der Waals surface area contributed by atoms with Crippen LogP contribution >= 0.6 is 11.3 Å². The predicted octanol–water partition coefficient (Wildman–Crippen LogP) is 7.51. The maximum atomic E-state index is 13.3. The molecule has 1 aromatic heterocycles. The van der Waals surface area contributed by atoms with Crippen LogP contribution in [0.25, 0.3) is 10.6 Å². The van der Waals surface area contributed by atoms with E-state index in [4.69, 9.17) is 9.47 Å². The minimum absolute atomic E-state index is 0.0880. The number of carboxylic acid groups (broad SMARTS) is 1. The molecule has 3 rings (SSSR count). The Balaban J connectivity index is 1.51. The van der Waals surface area contributed by atoms with Gasteiger partial charge in [-0.1, -0.05) is 102 Å². The van der Waals surface area contributed by atoms with Crippen LogP contribution in [0.3, 0.4) is 0 Å². The summed E-state index contributed by atoms with van der Waals surface area (Å²) < 4.78 is 39.1. The van der Waals surface area contributed by atoms with Crippen molar-refractivity contribution in [3.63, 3.8) is 0 Å². The Kier molecular flexibility index (Phi) is 15.4. The number of carbonyl (C=O) groups is 1. The first-order valence-corrected chi connectivity index (χ1v) is 18.3. The smallest absolute Gasteiger partial charge is 0.335 e.